The lowest BCUT2D eigenvalue weighted by atomic mass is 9.94. The molecule has 1 amide bonds. The van der Waals surface area contributed by atoms with Gasteiger partial charge >= 0.3 is 5.97 Å². The number of methoxy groups -OCH3 is 1. The van der Waals surface area contributed by atoms with E-state index >= 15 is 0 Å². The first-order valence-corrected chi connectivity index (χ1v) is 10.4. The summed E-state index contributed by atoms with van der Waals surface area (Å²) in [5.41, 5.74) is 1.68. The minimum atomic E-state index is -0.465. The van der Waals surface area contributed by atoms with Crippen LogP contribution in [-0.2, 0) is 21.4 Å². The molecule has 28 heavy (non-hydrogen) atoms. The average molecular weight is 416 g/mol. The van der Waals surface area contributed by atoms with Gasteiger partial charge in [0, 0.05) is 16.5 Å². The Hall–Kier alpha value is -2.58. The van der Waals surface area contributed by atoms with Gasteiger partial charge in [-0.05, 0) is 23.6 Å². The van der Waals surface area contributed by atoms with Gasteiger partial charge in [0.25, 0.3) is 0 Å². The number of anilines is 1. The van der Waals surface area contributed by atoms with Crippen LogP contribution in [-0.4, -0.2) is 29.0 Å². The number of thiophene rings is 1. The van der Waals surface area contributed by atoms with Crippen LogP contribution in [0.4, 0.5) is 5.00 Å². The van der Waals surface area contributed by atoms with Crippen molar-refractivity contribution in [1.82, 2.24) is 9.97 Å². The van der Waals surface area contributed by atoms with Crippen molar-refractivity contribution in [3.05, 3.63) is 52.0 Å². The molecule has 6 nitrogen and oxygen atoms in total. The highest BCUT2D eigenvalue weighted by molar-refractivity contribution is 7.17. The number of esters is 1. The molecule has 3 rings (SSSR count). The van der Waals surface area contributed by atoms with Crippen LogP contribution in [0, 0.1) is 0 Å². The minimum Gasteiger partial charge on any atom is -0.465 e. The lowest BCUT2D eigenvalue weighted by Crippen LogP contribution is -2.16. The van der Waals surface area contributed by atoms with Gasteiger partial charge in [-0.1, -0.05) is 26.8 Å². The van der Waals surface area contributed by atoms with E-state index in [0.717, 1.165) is 15.6 Å². The van der Waals surface area contributed by atoms with Crippen LogP contribution < -0.4 is 5.32 Å². The molecule has 0 radical (unpaired) electrons. The van der Waals surface area contributed by atoms with Crippen molar-refractivity contribution in [2.75, 3.05) is 12.4 Å². The first kappa shape index (κ1) is 20.2. The van der Waals surface area contributed by atoms with Gasteiger partial charge < -0.3 is 10.1 Å². The van der Waals surface area contributed by atoms with Gasteiger partial charge in [-0.25, -0.2) is 9.78 Å². The largest absolute Gasteiger partial charge is 0.465 e. The van der Waals surface area contributed by atoms with Crippen LogP contribution in [0.1, 0.15) is 41.7 Å². The Bertz CT molecular complexity index is 988. The maximum Gasteiger partial charge on any atom is 0.340 e. The molecule has 0 aromatic carbocycles. The Balaban J connectivity index is 1.75. The van der Waals surface area contributed by atoms with E-state index in [1.165, 1.54) is 29.8 Å². The van der Waals surface area contributed by atoms with Crippen LogP contribution in [0.2, 0.25) is 0 Å². The number of nitrogens with zero attached hydrogens (tertiary/aromatic N) is 2. The number of hydrogen-bond acceptors (Lipinski definition) is 7. The number of ether oxygens (including phenoxy) is 1. The predicted molar refractivity (Wildman–Crippen MR) is 112 cm³/mol. The predicted octanol–water partition coefficient (Wildman–Crippen LogP) is 4.53. The molecule has 0 saturated carbocycles. The number of carbonyl (C=O) groups is 2. The number of thiazole rings is 1. The highest BCUT2D eigenvalue weighted by Gasteiger charge is 2.24. The quantitative estimate of drug-likeness (QED) is 0.619. The summed E-state index contributed by atoms with van der Waals surface area (Å²) in [6.07, 6.45) is 1.83. The lowest BCUT2D eigenvalue weighted by molar-refractivity contribution is -0.115. The third kappa shape index (κ3) is 4.63. The topological polar surface area (TPSA) is 81.2 Å². The smallest absolute Gasteiger partial charge is 0.340 e. The van der Waals surface area contributed by atoms with E-state index in [-0.39, 0.29) is 17.7 Å². The first-order valence-electron chi connectivity index (χ1n) is 8.66. The second kappa shape index (κ2) is 8.20. The molecule has 0 aliphatic rings. The molecule has 0 aliphatic heterocycles. The maximum atomic E-state index is 12.5. The number of amides is 1. The molecule has 0 unspecified atom stereocenters. The molecule has 0 spiro atoms. The molecule has 0 saturated heterocycles. The number of pyridine rings is 1. The van der Waals surface area contributed by atoms with Gasteiger partial charge in [-0.2, -0.15) is 0 Å². The SMILES string of the molecule is COC(=O)c1cc(C(C)(C)C)sc1NC(=O)Cc1csc(-c2ccccn2)n1. The Labute approximate surface area is 171 Å². The molecule has 0 atom stereocenters. The zero-order valence-corrected chi connectivity index (χ0v) is 17.7. The van der Waals surface area contributed by atoms with E-state index in [2.05, 4.69) is 36.1 Å². The first-order chi connectivity index (χ1) is 13.3. The fraction of sp³-hybridized carbons (Fsp3) is 0.300. The molecule has 3 aromatic rings. The molecule has 0 bridgehead atoms. The fourth-order valence-electron chi connectivity index (χ4n) is 2.45. The second-order valence-corrected chi connectivity index (χ2v) is 9.09. The number of carbonyl (C=O) groups excluding carboxylic acids is 2. The average Bonchev–Trinajstić information content (AvgIpc) is 3.29. The van der Waals surface area contributed by atoms with E-state index in [4.69, 9.17) is 4.74 Å². The zero-order valence-electron chi connectivity index (χ0n) is 16.1. The number of nitrogens with one attached hydrogen (secondary N) is 1. The summed E-state index contributed by atoms with van der Waals surface area (Å²) in [4.78, 5) is 34.4. The van der Waals surface area contributed by atoms with E-state index in [0.29, 0.717) is 16.3 Å². The summed E-state index contributed by atoms with van der Waals surface area (Å²) in [6.45, 7) is 6.17. The Kier molecular flexibility index (Phi) is 5.90. The molecule has 0 aliphatic carbocycles. The van der Waals surface area contributed by atoms with Crippen LogP contribution in [0.15, 0.2) is 35.8 Å². The Morgan fingerprint density at radius 2 is 2.04 bits per heavy atom. The van der Waals surface area contributed by atoms with Gasteiger partial charge in [0.15, 0.2) is 0 Å². The van der Waals surface area contributed by atoms with Crippen molar-refractivity contribution in [1.29, 1.82) is 0 Å². The third-order valence-electron chi connectivity index (χ3n) is 3.91. The molecule has 0 fully saturated rings. The molecule has 1 N–H and O–H groups in total. The molecule has 8 heteroatoms. The highest BCUT2D eigenvalue weighted by atomic mass is 32.1. The van der Waals surface area contributed by atoms with Crippen molar-refractivity contribution < 1.29 is 14.3 Å². The van der Waals surface area contributed by atoms with Crippen LogP contribution in [0.3, 0.4) is 0 Å². The van der Waals surface area contributed by atoms with Crippen molar-refractivity contribution >= 4 is 39.6 Å². The van der Waals surface area contributed by atoms with Crippen molar-refractivity contribution in [2.45, 2.75) is 32.6 Å². The summed E-state index contributed by atoms with van der Waals surface area (Å²) >= 11 is 2.84. The Morgan fingerprint density at radius 1 is 1.25 bits per heavy atom. The molecular formula is C20H21N3O3S2. The Morgan fingerprint density at radius 3 is 2.68 bits per heavy atom. The maximum absolute atomic E-state index is 12.5. The normalized spacial score (nSPS) is 11.3. The monoisotopic (exact) mass is 415 g/mol. The van der Waals surface area contributed by atoms with Gasteiger partial charge in [0.2, 0.25) is 5.91 Å². The second-order valence-electron chi connectivity index (χ2n) is 7.18. The van der Waals surface area contributed by atoms with Gasteiger partial charge in [0.05, 0.1) is 30.5 Å². The van der Waals surface area contributed by atoms with E-state index in [9.17, 15) is 9.59 Å². The van der Waals surface area contributed by atoms with E-state index in [1.54, 1.807) is 12.3 Å². The van der Waals surface area contributed by atoms with Crippen molar-refractivity contribution in [3.63, 3.8) is 0 Å². The van der Waals surface area contributed by atoms with Crippen molar-refractivity contribution in [2.24, 2.45) is 0 Å². The van der Waals surface area contributed by atoms with Crippen LogP contribution in [0.5, 0.6) is 0 Å². The summed E-state index contributed by atoms with van der Waals surface area (Å²) in [7, 11) is 1.33. The minimum absolute atomic E-state index is 0.118. The number of rotatable bonds is 5. The number of hydrogen-bond donors (Lipinski definition) is 1. The van der Waals surface area contributed by atoms with Gasteiger partial charge in [-0.3, -0.25) is 9.78 Å². The highest BCUT2D eigenvalue weighted by Crippen LogP contribution is 2.36. The van der Waals surface area contributed by atoms with E-state index in [1.807, 2.05) is 23.6 Å². The molecule has 3 heterocycles. The standard InChI is InChI=1S/C20H21N3O3S2/c1-20(2,3)15-10-13(19(25)26-4)17(28-15)23-16(24)9-12-11-27-18(22-12)14-7-5-6-8-21-14/h5-8,10-11H,9H2,1-4H3,(H,23,24). The molecule has 146 valence electrons. The summed E-state index contributed by atoms with van der Waals surface area (Å²) in [5, 5.41) is 5.96. The van der Waals surface area contributed by atoms with Crippen molar-refractivity contribution in [3.8, 4) is 10.7 Å². The van der Waals surface area contributed by atoms with Gasteiger partial charge in [0.1, 0.15) is 10.0 Å². The summed E-state index contributed by atoms with van der Waals surface area (Å²) < 4.78 is 4.85. The fourth-order valence-corrected chi connectivity index (χ4v) is 4.36. The van der Waals surface area contributed by atoms with Gasteiger partial charge in [-0.15, -0.1) is 22.7 Å². The number of aromatic nitrogens is 2. The summed E-state index contributed by atoms with van der Waals surface area (Å²) in [5.74, 6) is -0.696. The summed E-state index contributed by atoms with van der Waals surface area (Å²) in [6, 6.07) is 7.41. The van der Waals surface area contributed by atoms with Crippen LogP contribution in [0.25, 0.3) is 10.7 Å². The zero-order chi connectivity index (χ0) is 20.3. The van der Waals surface area contributed by atoms with E-state index < -0.39 is 5.97 Å². The lowest BCUT2D eigenvalue weighted by Gasteiger charge is -2.15. The third-order valence-corrected chi connectivity index (χ3v) is 6.30. The molecular weight excluding hydrogens is 394 g/mol. The molecule has 3 aromatic heterocycles. The van der Waals surface area contributed by atoms with Crippen LogP contribution >= 0.6 is 22.7 Å².